The molecule has 0 spiro atoms. The molecule has 1 aliphatic rings. The summed E-state index contributed by atoms with van der Waals surface area (Å²) in [4.78, 5) is 0. The molecule has 0 aromatic rings. The Morgan fingerprint density at radius 2 is 1.80 bits per heavy atom. The molecule has 20 heavy (non-hydrogen) atoms. The van der Waals surface area contributed by atoms with Gasteiger partial charge in [0, 0.05) is 13.5 Å². The Bertz CT molecular complexity index is 246. The van der Waals surface area contributed by atoms with E-state index in [0.717, 1.165) is 0 Å². The third kappa shape index (κ3) is 7.94. The second-order valence-electron chi connectivity index (χ2n) is 4.55. The SMILES string of the molecule is CCC.COC/C=C\COC1CC(O)C(O)C(CO)O1. The lowest BCUT2D eigenvalue weighted by Gasteiger charge is -2.35. The van der Waals surface area contributed by atoms with Crippen LogP contribution in [0.5, 0.6) is 0 Å². The molecule has 120 valence electrons. The predicted molar refractivity (Wildman–Crippen MR) is 75.3 cm³/mol. The van der Waals surface area contributed by atoms with Crippen LogP contribution in [0.25, 0.3) is 0 Å². The average Bonchev–Trinajstić information content (AvgIpc) is 2.43. The number of hydrogen-bond acceptors (Lipinski definition) is 6. The Morgan fingerprint density at radius 3 is 2.35 bits per heavy atom. The average molecular weight is 292 g/mol. The highest BCUT2D eigenvalue weighted by Crippen LogP contribution is 2.20. The molecule has 0 bridgehead atoms. The van der Waals surface area contributed by atoms with Crippen LogP contribution < -0.4 is 0 Å². The molecule has 1 heterocycles. The first kappa shape index (κ1) is 19.5. The fraction of sp³-hybridized carbons (Fsp3) is 0.857. The molecular weight excluding hydrogens is 264 g/mol. The normalized spacial score (nSPS) is 30.1. The molecule has 0 aromatic heterocycles. The van der Waals surface area contributed by atoms with Crippen molar-refractivity contribution in [1.82, 2.24) is 0 Å². The Labute approximate surface area is 121 Å². The molecule has 4 atom stereocenters. The molecule has 1 saturated heterocycles. The van der Waals surface area contributed by atoms with Crippen molar-refractivity contribution in [2.24, 2.45) is 0 Å². The summed E-state index contributed by atoms with van der Waals surface area (Å²) in [6.07, 6.45) is 1.60. The number of hydrogen-bond donors (Lipinski definition) is 3. The topological polar surface area (TPSA) is 88.4 Å². The summed E-state index contributed by atoms with van der Waals surface area (Å²) in [7, 11) is 1.60. The molecule has 0 aromatic carbocycles. The molecule has 3 N–H and O–H groups in total. The molecule has 1 aliphatic heterocycles. The van der Waals surface area contributed by atoms with Crippen LogP contribution in [0.4, 0.5) is 0 Å². The van der Waals surface area contributed by atoms with Crippen molar-refractivity contribution >= 4 is 0 Å². The summed E-state index contributed by atoms with van der Waals surface area (Å²) >= 11 is 0. The van der Waals surface area contributed by atoms with Crippen LogP contribution in [0.15, 0.2) is 12.2 Å². The fourth-order valence-corrected chi connectivity index (χ4v) is 1.57. The zero-order valence-electron chi connectivity index (χ0n) is 12.6. The molecule has 0 radical (unpaired) electrons. The van der Waals surface area contributed by atoms with Gasteiger partial charge in [-0.15, -0.1) is 0 Å². The molecule has 1 rings (SSSR count). The van der Waals surface area contributed by atoms with Gasteiger partial charge < -0.3 is 29.5 Å². The quantitative estimate of drug-likeness (QED) is 0.616. The minimum Gasteiger partial charge on any atom is -0.394 e. The van der Waals surface area contributed by atoms with Crippen molar-refractivity contribution in [1.29, 1.82) is 0 Å². The van der Waals surface area contributed by atoms with Crippen LogP contribution in [0.2, 0.25) is 0 Å². The Kier molecular flexibility index (Phi) is 12.0. The van der Waals surface area contributed by atoms with Gasteiger partial charge in [-0.05, 0) is 0 Å². The van der Waals surface area contributed by atoms with Gasteiger partial charge in [-0.25, -0.2) is 0 Å². The van der Waals surface area contributed by atoms with Gasteiger partial charge in [0.1, 0.15) is 12.2 Å². The van der Waals surface area contributed by atoms with Gasteiger partial charge in [0.15, 0.2) is 6.29 Å². The van der Waals surface area contributed by atoms with Gasteiger partial charge in [-0.2, -0.15) is 0 Å². The predicted octanol–water partition coefficient (Wildman–Crippen LogP) is 0.451. The largest absolute Gasteiger partial charge is 0.394 e. The zero-order chi connectivity index (χ0) is 15.4. The lowest BCUT2D eigenvalue weighted by molar-refractivity contribution is -0.253. The molecule has 4 unspecified atom stereocenters. The zero-order valence-corrected chi connectivity index (χ0v) is 12.6. The Morgan fingerprint density at radius 1 is 1.20 bits per heavy atom. The number of ether oxygens (including phenoxy) is 3. The van der Waals surface area contributed by atoms with Crippen molar-refractivity contribution in [2.45, 2.75) is 51.3 Å². The van der Waals surface area contributed by atoms with Crippen LogP contribution in [0.1, 0.15) is 26.7 Å². The van der Waals surface area contributed by atoms with Crippen molar-refractivity contribution in [3.63, 3.8) is 0 Å². The Balaban J connectivity index is 0.00000110. The van der Waals surface area contributed by atoms with E-state index in [1.165, 1.54) is 6.42 Å². The van der Waals surface area contributed by atoms with Gasteiger partial charge in [0.05, 0.1) is 25.9 Å². The van der Waals surface area contributed by atoms with E-state index in [0.29, 0.717) is 13.2 Å². The summed E-state index contributed by atoms with van der Waals surface area (Å²) in [5, 5.41) is 28.0. The third-order valence-corrected chi connectivity index (χ3v) is 2.52. The van der Waals surface area contributed by atoms with Crippen LogP contribution in [0.3, 0.4) is 0 Å². The van der Waals surface area contributed by atoms with Gasteiger partial charge in [0.25, 0.3) is 0 Å². The Hall–Kier alpha value is -0.500. The van der Waals surface area contributed by atoms with E-state index in [1.54, 1.807) is 19.3 Å². The minimum atomic E-state index is -1.07. The van der Waals surface area contributed by atoms with E-state index >= 15 is 0 Å². The highest BCUT2D eigenvalue weighted by molar-refractivity contribution is 4.84. The summed E-state index contributed by atoms with van der Waals surface area (Å²) in [5.74, 6) is 0. The van der Waals surface area contributed by atoms with Crippen LogP contribution >= 0.6 is 0 Å². The van der Waals surface area contributed by atoms with E-state index in [1.807, 2.05) is 0 Å². The summed E-state index contributed by atoms with van der Waals surface area (Å²) < 4.78 is 15.4. The van der Waals surface area contributed by atoms with E-state index < -0.39 is 24.6 Å². The number of rotatable bonds is 6. The maximum Gasteiger partial charge on any atom is 0.161 e. The summed E-state index contributed by atoms with van der Waals surface area (Å²) in [5.41, 5.74) is 0. The smallest absolute Gasteiger partial charge is 0.161 e. The van der Waals surface area contributed by atoms with Gasteiger partial charge in [0.2, 0.25) is 0 Å². The molecule has 1 fully saturated rings. The maximum atomic E-state index is 9.53. The standard InChI is InChI=1S/C11H20O6.C3H8/c1-15-4-2-3-5-16-10-6-8(13)11(14)9(7-12)17-10;1-3-2/h2-3,8-14H,4-7H2,1H3;3H2,1-2H3/b3-2-;. The fourth-order valence-electron chi connectivity index (χ4n) is 1.57. The highest BCUT2D eigenvalue weighted by atomic mass is 16.7. The third-order valence-electron chi connectivity index (χ3n) is 2.52. The first-order valence-corrected chi connectivity index (χ1v) is 6.98. The van der Waals surface area contributed by atoms with Gasteiger partial charge >= 0.3 is 0 Å². The number of aliphatic hydroxyl groups is 3. The summed E-state index contributed by atoms with van der Waals surface area (Å²) in [6.45, 7) is 4.74. The molecule has 6 heteroatoms. The lowest BCUT2D eigenvalue weighted by Crippen LogP contribution is -2.50. The molecule has 0 saturated carbocycles. The van der Waals surface area contributed by atoms with E-state index in [-0.39, 0.29) is 13.0 Å². The van der Waals surface area contributed by atoms with Crippen molar-refractivity contribution in [2.75, 3.05) is 26.9 Å². The monoisotopic (exact) mass is 292 g/mol. The molecule has 0 aliphatic carbocycles. The van der Waals surface area contributed by atoms with Crippen LogP contribution in [0, 0.1) is 0 Å². The van der Waals surface area contributed by atoms with E-state index in [9.17, 15) is 10.2 Å². The number of methoxy groups -OCH3 is 1. The van der Waals surface area contributed by atoms with E-state index in [4.69, 9.17) is 19.3 Å². The van der Waals surface area contributed by atoms with Gasteiger partial charge in [-0.3, -0.25) is 0 Å². The van der Waals surface area contributed by atoms with Gasteiger partial charge in [-0.1, -0.05) is 32.4 Å². The van der Waals surface area contributed by atoms with Crippen molar-refractivity contribution in [3.8, 4) is 0 Å². The lowest BCUT2D eigenvalue weighted by atomic mass is 10.0. The maximum absolute atomic E-state index is 9.53. The summed E-state index contributed by atoms with van der Waals surface area (Å²) in [6, 6.07) is 0. The van der Waals surface area contributed by atoms with Crippen molar-refractivity contribution in [3.05, 3.63) is 12.2 Å². The minimum absolute atomic E-state index is 0.190. The molecular formula is C14H28O6. The first-order valence-electron chi connectivity index (χ1n) is 6.98. The van der Waals surface area contributed by atoms with E-state index in [2.05, 4.69) is 13.8 Å². The molecule has 0 amide bonds. The second-order valence-corrected chi connectivity index (χ2v) is 4.55. The highest BCUT2D eigenvalue weighted by Gasteiger charge is 2.36. The van der Waals surface area contributed by atoms with Crippen LogP contribution in [-0.2, 0) is 14.2 Å². The molecule has 6 nitrogen and oxygen atoms in total. The van der Waals surface area contributed by atoms with Crippen molar-refractivity contribution < 1.29 is 29.5 Å². The first-order chi connectivity index (χ1) is 9.60. The van der Waals surface area contributed by atoms with Crippen LogP contribution in [-0.4, -0.2) is 66.9 Å². The number of aliphatic hydroxyl groups excluding tert-OH is 3. The second kappa shape index (κ2) is 12.3.